The Kier molecular flexibility index (Phi) is 4.64. The lowest BCUT2D eigenvalue weighted by molar-refractivity contribution is -0.135. The Hall–Kier alpha value is -3.04. The first-order valence-corrected chi connectivity index (χ1v) is 12.7. The van der Waals surface area contributed by atoms with Gasteiger partial charge in [-0.15, -0.1) is 11.3 Å². The van der Waals surface area contributed by atoms with E-state index in [1.807, 2.05) is 32.9 Å². The number of imide groups is 1. The van der Waals surface area contributed by atoms with Gasteiger partial charge >= 0.3 is 5.97 Å². The van der Waals surface area contributed by atoms with Crippen LogP contribution in [-0.2, 0) is 24.7 Å². The zero-order valence-electron chi connectivity index (χ0n) is 20.4. The van der Waals surface area contributed by atoms with Crippen molar-refractivity contribution >= 4 is 45.7 Å². The fourth-order valence-electron chi connectivity index (χ4n) is 6.97. The molecule has 35 heavy (non-hydrogen) atoms. The van der Waals surface area contributed by atoms with Crippen molar-refractivity contribution in [3.8, 4) is 0 Å². The molecule has 3 amide bonds. The predicted molar refractivity (Wildman–Crippen MR) is 131 cm³/mol. The van der Waals surface area contributed by atoms with Crippen molar-refractivity contribution in [1.29, 1.82) is 0 Å². The number of esters is 1. The van der Waals surface area contributed by atoms with Crippen LogP contribution in [-0.4, -0.2) is 48.3 Å². The van der Waals surface area contributed by atoms with E-state index in [2.05, 4.69) is 10.2 Å². The lowest BCUT2D eigenvalue weighted by atomic mass is 9.75. The van der Waals surface area contributed by atoms with Crippen LogP contribution in [0.25, 0.3) is 0 Å². The van der Waals surface area contributed by atoms with Crippen LogP contribution in [0.1, 0.15) is 50.3 Å². The molecule has 0 bridgehead atoms. The van der Waals surface area contributed by atoms with E-state index in [9.17, 15) is 19.2 Å². The molecule has 4 aliphatic rings. The normalized spacial score (nSPS) is 29.1. The number of rotatable bonds is 2. The number of methoxy groups -OCH3 is 1. The maximum atomic E-state index is 14.3. The van der Waals surface area contributed by atoms with Gasteiger partial charge in [0.15, 0.2) is 0 Å². The first-order valence-electron chi connectivity index (χ1n) is 11.9. The van der Waals surface area contributed by atoms with Crippen LogP contribution in [0.5, 0.6) is 0 Å². The van der Waals surface area contributed by atoms with Gasteiger partial charge in [0.25, 0.3) is 0 Å². The van der Waals surface area contributed by atoms with E-state index in [1.165, 1.54) is 23.3 Å². The maximum absolute atomic E-state index is 14.3. The quantitative estimate of drug-likeness (QED) is 0.510. The average Bonchev–Trinajstić information content (AvgIpc) is 3.56. The second-order valence-electron chi connectivity index (χ2n) is 10.1. The largest absolute Gasteiger partial charge is 0.465 e. The molecule has 1 N–H and O–H groups in total. The predicted octanol–water partition coefficient (Wildman–Crippen LogP) is 3.20. The molecule has 1 spiro atoms. The van der Waals surface area contributed by atoms with E-state index in [1.54, 1.807) is 6.92 Å². The minimum absolute atomic E-state index is 0.206. The number of hydrogen-bond donors (Lipinski definition) is 1. The Morgan fingerprint density at radius 1 is 1.14 bits per heavy atom. The SMILES string of the molecule is COC(=O)c1c(N2C(=O)[C@@H]3[C@H]4CCCN4[C@]4(C(=O)Nc5c(C)cc(C)cc54)[C@H]3C2=O)sc(C)c1C. The fourth-order valence-corrected chi connectivity index (χ4v) is 8.12. The van der Waals surface area contributed by atoms with Crippen LogP contribution in [0.3, 0.4) is 0 Å². The highest BCUT2D eigenvalue weighted by Gasteiger charge is 2.75. The van der Waals surface area contributed by atoms with Crippen LogP contribution >= 0.6 is 11.3 Å². The molecule has 5 heterocycles. The van der Waals surface area contributed by atoms with Crippen molar-refractivity contribution in [2.24, 2.45) is 11.8 Å². The van der Waals surface area contributed by atoms with Gasteiger partial charge in [-0.2, -0.15) is 0 Å². The number of thiophene rings is 1. The number of carbonyl (C=O) groups excluding carboxylic acids is 4. The number of nitrogens with one attached hydrogen (secondary N) is 1. The molecule has 6 rings (SSSR count). The number of carbonyl (C=O) groups is 4. The molecule has 3 saturated heterocycles. The molecule has 4 aliphatic heterocycles. The van der Waals surface area contributed by atoms with Gasteiger partial charge in [0.2, 0.25) is 17.7 Å². The summed E-state index contributed by atoms with van der Waals surface area (Å²) in [5.74, 6) is -3.05. The van der Waals surface area contributed by atoms with Gasteiger partial charge in [-0.05, 0) is 58.2 Å². The Labute approximate surface area is 207 Å². The van der Waals surface area contributed by atoms with Crippen LogP contribution in [0.4, 0.5) is 10.7 Å². The summed E-state index contributed by atoms with van der Waals surface area (Å²) in [4.78, 5) is 58.9. The Morgan fingerprint density at radius 3 is 2.60 bits per heavy atom. The zero-order valence-corrected chi connectivity index (χ0v) is 21.2. The number of anilines is 2. The van der Waals surface area contributed by atoms with Gasteiger partial charge < -0.3 is 10.1 Å². The van der Waals surface area contributed by atoms with E-state index in [0.29, 0.717) is 17.1 Å². The fraction of sp³-hybridized carbons (Fsp3) is 0.462. The number of hydrogen-bond acceptors (Lipinski definition) is 7. The molecule has 2 aromatic rings. The van der Waals surface area contributed by atoms with Crippen LogP contribution < -0.4 is 10.2 Å². The second kappa shape index (κ2) is 7.24. The van der Waals surface area contributed by atoms with Gasteiger partial charge in [0, 0.05) is 22.2 Å². The molecule has 9 heteroatoms. The zero-order chi connectivity index (χ0) is 25.0. The maximum Gasteiger partial charge on any atom is 0.341 e. The Balaban J connectivity index is 1.57. The van der Waals surface area contributed by atoms with Gasteiger partial charge in [-0.25, -0.2) is 9.69 Å². The number of fused-ring (bicyclic) bond motifs is 7. The van der Waals surface area contributed by atoms with Gasteiger partial charge in [-0.1, -0.05) is 17.7 Å². The third-order valence-electron chi connectivity index (χ3n) is 8.40. The molecule has 1 aromatic heterocycles. The summed E-state index contributed by atoms with van der Waals surface area (Å²) in [5.41, 5.74) is 3.18. The smallest absolute Gasteiger partial charge is 0.341 e. The molecule has 182 valence electrons. The lowest BCUT2D eigenvalue weighted by Crippen LogP contribution is -2.54. The molecule has 3 fully saturated rings. The second-order valence-corrected chi connectivity index (χ2v) is 11.3. The summed E-state index contributed by atoms with van der Waals surface area (Å²) in [5, 5.41) is 3.36. The van der Waals surface area contributed by atoms with Gasteiger partial charge in [-0.3, -0.25) is 19.3 Å². The van der Waals surface area contributed by atoms with Crippen molar-refractivity contribution in [3.63, 3.8) is 0 Å². The van der Waals surface area contributed by atoms with Crippen molar-refractivity contribution in [2.75, 3.05) is 23.9 Å². The summed E-state index contributed by atoms with van der Waals surface area (Å²) in [6.45, 7) is 8.23. The van der Waals surface area contributed by atoms with E-state index in [0.717, 1.165) is 40.1 Å². The molecule has 0 aliphatic carbocycles. The van der Waals surface area contributed by atoms with Crippen molar-refractivity contribution in [2.45, 2.75) is 52.1 Å². The molecule has 0 saturated carbocycles. The van der Waals surface area contributed by atoms with Crippen LogP contribution in [0.2, 0.25) is 0 Å². The third-order valence-corrected chi connectivity index (χ3v) is 9.59. The average molecular weight is 494 g/mol. The lowest BCUT2D eigenvalue weighted by Gasteiger charge is -2.36. The Morgan fingerprint density at radius 2 is 1.89 bits per heavy atom. The molecule has 4 atom stereocenters. The van der Waals surface area contributed by atoms with E-state index >= 15 is 0 Å². The molecule has 0 unspecified atom stereocenters. The number of amides is 3. The summed E-state index contributed by atoms with van der Waals surface area (Å²) < 4.78 is 4.99. The molecule has 1 aromatic carbocycles. The summed E-state index contributed by atoms with van der Waals surface area (Å²) in [6, 6.07) is 3.79. The summed E-state index contributed by atoms with van der Waals surface area (Å²) in [7, 11) is 1.29. The van der Waals surface area contributed by atoms with E-state index in [4.69, 9.17) is 4.74 Å². The summed E-state index contributed by atoms with van der Waals surface area (Å²) in [6.07, 6.45) is 1.60. The van der Waals surface area contributed by atoms with E-state index in [-0.39, 0.29) is 23.4 Å². The van der Waals surface area contributed by atoms with Crippen molar-refractivity contribution < 1.29 is 23.9 Å². The molecular weight excluding hydrogens is 466 g/mol. The summed E-state index contributed by atoms with van der Waals surface area (Å²) >= 11 is 1.24. The number of ether oxygens (including phenoxy) is 1. The van der Waals surface area contributed by atoms with Gasteiger partial charge in [0.05, 0.1) is 24.5 Å². The van der Waals surface area contributed by atoms with Crippen molar-refractivity contribution in [3.05, 3.63) is 44.8 Å². The molecule has 0 radical (unpaired) electrons. The number of nitrogens with zero attached hydrogens (tertiary/aromatic N) is 2. The first-order chi connectivity index (χ1) is 16.6. The topological polar surface area (TPSA) is 96.0 Å². The van der Waals surface area contributed by atoms with Crippen molar-refractivity contribution in [1.82, 2.24) is 4.90 Å². The highest BCUT2D eigenvalue weighted by molar-refractivity contribution is 7.17. The third kappa shape index (κ3) is 2.55. The highest BCUT2D eigenvalue weighted by Crippen LogP contribution is 2.61. The molecule has 8 nitrogen and oxygen atoms in total. The first kappa shape index (κ1) is 22.4. The minimum Gasteiger partial charge on any atom is -0.465 e. The minimum atomic E-state index is -1.23. The molecular formula is C26H27N3O5S. The number of aryl methyl sites for hydroxylation is 3. The van der Waals surface area contributed by atoms with E-state index < -0.39 is 29.3 Å². The monoisotopic (exact) mass is 493 g/mol. The van der Waals surface area contributed by atoms with Crippen LogP contribution in [0.15, 0.2) is 12.1 Å². The van der Waals surface area contributed by atoms with Crippen LogP contribution in [0, 0.1) is 39.5 Å². The van der Waals surface area contributed by atoms with Gasteiger partial charge in [0.1, 0.15) is 10.5 Å². The highest BCUT2D eigenvalue weighted by atomic mass is 32.1. The Bertz CT molecular complexity index is 1360. The number of benzene rings is 1. The standard InChI is InChI=1S/C26H27N3O5S/c1-11-9-12(2)20-15(10-11)26(25(33)27-20)19-18(16-7-6-8-28(16)26)21(30)29(22(19)31)23-17(24(32)34-5)13(3)14(4)35-23/h9-10,16,18-19H,6-8H2,1-5H3,(H,27,33)/t16-,18-,19-,26+/m1/s1.